The second-order valence-corrected chi connectivity index (χ2v) is 8.84. The van der Waals surface area contributed by atoms with Gasteiger partial charge in [-0.15, -0.1) is 0 Å². The number of carbonyl (C=O) groups is 3. The molecule has 2 aromatic carbocycles. The van der Waals surface area contributed by atoms with Crippen LogP contribution in [-0.4, -0.2) is 52.5 Å². The number of aliphatic hydroxyl groups excluding tert-OH is 1. The first-order valence-corrected chi connectivity index (χ1v) is 10.9. The normalized spacial score (nSPS) is 14.5. The number of ether oxygens (including phenoxy) is 1. The third-order valence-corrected chi connectivity index (χ3v) is 6.09. The summed E-state index contributed by atoms with van der Waals surface area (Å²) in [7, 11) is 0. The molecule has 176 valence electrons. The number of aliphatic hydroxyl groups is 1. The summed E-state index contributed by atoms with van der Waals surface area (Å²) in [6.07, 6.45) is -2.08. The van der Waals surface area contributed by atoms with Gasteiger partial charge >= 0.3 is 12.1 Å². The number of aliphatic carboxylic acids is 1. The Kier molecular flexibility index (Phi) is 7.38. The van der Waals surface area contributed by atoms with Gasteiger partial charge in [0, 0.05) is 12.3 Å². The van der Waals surface area contributed by atoms with Crippen LogP contribution in [0.15, 0.2) is 48.5 Å². The summed E-state index contributed by atoms with van der Waals surface area (Å²) in [5.41, 5.74) is 3.36. The lowest BCUT2D eigenvalue weighted by atomic mass is 9.97. The molecule has 3 rings (SSSR count). The van der Waals surface area contributed by atoms with Crippen LogP contribution < -0.4 is 10.6 Å². The molecule has 2 unspecified atom stereocenters. The van der Waals surface area contributed by atoms with E-state index in [4.69, 9.17) is 9.84 Å². The molecule has 0 spiro atoms. The number of hydrogen-bond donors (Lipinski definition) is 4. The standard InChI is InChI=1S/C25H30N2O6/c1-15(28)25(2,3)27-23(31)21(12-13-22(29)30)26-24(32)33-14-20-18-10-6-4-8-16(18)17-9-5-7-11-19(17)20/h4-11,15,20-21,28H,12-14H2,1-3H3,(H,26,32)(H,27,31)(H,29,30). The Morgan fingerprint density at radius 1 is 1.03 bits per heavy atom. The van der Waals surface area contributed by atoms with Crippen LogP contribution in [0.1, 0.15) is 50.7 Å². The predicted molar refractivity (Wildman–Crippen MR) is 123 cm³/mol. The van der Waals surface area contributed by atoms with Crippen LogP contribution in [0.5, 0.6) is 0 Å². The number of alkyl carbamates (subject to hydrolysis) is 1. The number of fused-ring (bicyclic) bond motifs is 3. The zero-order valence-electron chi connectivity index (χ0n) is 19.0. The number of nitrogens with one attached hydrogen (secondary N) is 2. The number of hydrogen-bond acceptors (Lipinski definition) is 5. The van der Waals surface area contributed by atoms with Crippen molar-refractivity contribution < 1.29 is 29.3 Å². The molecule has 0 fully saturated rings. The molecule has 0 aliphatic heterocycles. The first kappa shape index (κ1) is 24.3. The number of carboxylic acids is 1. The quantitative estimate of drug-likeness (QED) is 0.462. The molecule has 0 heterocycles. The molecule has 8 heteroatoms. The molecular weight excluding hydrogens is 424 g/mol. The zero-order valence-corrected chi connectivity index (χ0v) is 19.0. The smallest absolute Gasteiger partial charge is 0.407 e. The van der Waals surface area contributed by atoms with Crippen LogP contribution in [0.4, 0.5) is 4.79 Å². The number of carboxylic acid groups (broad SMARTS) is 1. The molecule has 8 nitrogen and oxygen atoms in total. The first-order valence-electron chi connectivity index (χ1n) is 10.9. The third kappa shape index (κ3) is 5.70. The molecule has 2 aromatic rings. The highest BCUT2D eigenvalue weighted by atomic mass is 16.5. The second-order valence-electron chi connectivity index (χ2n) is 8.84. The zero-order chi connectivity index (χ0) is 24.2. The summed E-state index contributed by atoms with van der Waals surface area (Å²) in [6.45, 7) is 4.88. The fraction of sp³-hybridized carbons (Fsp3) is 0.400. The molecule has 2 atom stereocenters. The van der Waals surface area contributed by atoms with Crippen molar-refractivity contribution in [3.63, 3.8) is 0 Å². The minimum Gasteiger partial charge on any atom is -0.481 e. The van der Waals surface area contributed by atoms with Crippen LogP contribution >= 0.6 is 0 Å². The summed E-state index contributed by atoms with van der Waals surface area (Å²) in [6, 6.07) is 14.8. The van der Waals surface area contributed by atoms with Gasteiger partial charge in [-0.3, -0.25) is 9.59 Å². The molecule has 0 bridgehead atoms. The monoisotopic (exact) mass is 454 g/mol. The van der Waals surface area contributed by atoms with E-state index in [2.05, 4.69) is 10.6 Å². The van der Waals surface area contributed by atoms with Crippen molar-refractivity contribution in [2.45, 2.75) is 57.2 Å². The van der Waals surface area contributed by atoms with Crippen molar-refractivity contribution in [3.8, 4) is 11.1 Å². The van der Waals surface area contributed by atoms with Gasteiger partial charge in [0.15, 0.2) is 0 Å². The molecule has 4 N–H and O–H groups in total. The molecular formula is C25H30N2O6. The highest BCUT2D eigenvalue weighted by Crippen LogP contribution is 2.44. The molecule has 1 aliphatic carbocycles. The van der Waals surface area contributed by atoms with Gasteiger partial charge in [-0.2, -0.15) is 0 Å². The largest absolute Gasteiger partial charge is 0.481 e. The number of carbonyl (C=O) groups excluding carboxylic acids is 2. The van der Waals surface area contributed by atoms with E-state index in [-0.39, 0.29) is 25.4 Å². The Hall–Kier alpha value is -3.39. The molecule has 2 amide bonds. The van der Waals surface area contributed by atoms with E-state index in [1.54, 1.807) is 13.8 Å². The topological polar surface area (TPSA) is 125 Å². The Balaban J connectivity index is 1.68. The Morgan fingerprint density at radius 2 is 1.58 bits per heavy atom. The summed E-state index contributed by atoms with van der Waals surface area (Å²) >= 11 is 0. The minimum absolute atomic E-state index is 0.0757. The van der Waals surface area contributed by atoms with Crippen molar-refractivity contribution in [2.24, 2.45) is 0 Å². The summed E-state index contributed by atoms with van der Waals surface area (Å²) in [5.74, 6) is -1.81. The molecule has 0 saturated carbocycles. The fourth-order valence-corrected chi connectivity index (χ4v) is 3.83. The lowest BCUT2D eigenvalue weighted by Gasteiger charge is -2.31. The van der Waals surface area contributed by atoms with Gasteiger partial charge in [0.1, 0.15) is 12.6 Å². The van der Waals surface area contributed by atoms with E-state index in [0.717, 1.165) is 22.3 Å². The molecule has 33 heavy (non-hydrogen) atoms. The SMILES string of the molecule is CC(O)C(C)(C)NC(=O)C(CCC(=O)O)NC(=O)OCC1c2ccccc2-c2ccccc21. The highest BCUT2D eigenvalue weighted by Gasteiger charge is 2.32. The van der Waals surface area contributed by atoms with Gasteiger partial charge in [-0.25, -0.2) is 4.79 Å². The fourth-order valence-electron chi connectivity index (χ4n) is 3.83. The van der Waals surface area contributed by atoms with E-state index in [1.165, 1.54) is 6.92 Å². The Morgan fingerprint density at radius 3 is 2.09 bits per heavy atom. The Labute approximate surface area is 193 Å². The van der Waals surface area contributed by atoms with E-state index >= 15 is 0 Å². The van der Waals surface area contributed by atoms with Crippen LogP contribution in [0, 0.1) is 0 Å². The molecule has 0 aromatic heterocycles. The predicted octanol–water partition coefficient (Wildman–Crippen LogP) is 3.03. The van der Waals surface area contributed by atoms with Crippen molar-refractivity contribution in [1.82, 2.24) is 10.6 Å². The molecule has 0 radical (unpaired) electrons. The lowest BCUT2D eigenvalue weighted by molar-refractivity contribution is -0.137. The van der Waals surface area contributed by atoms with Gasteiger partial charge < -0.3 is 25.6 Å². The number of benzene rings is 2. The molecule has 0 saturated heterocycles. The van der Waals surface area contributed by atoms with Gasteiger partial charge in [0.05, 0.1) is 11.6 Å². The maximum atomic E-state index is 12.7. The summed E-state index contributed by atoms with van der Waals surface area (Å²) in [4.78, 5) is 36.3. The van der Waals surface area contributed by atoms with Crippen LogP contribution in [0.3, 0.4) is 0 Å². The highest BCUT2D eigenvalue weighted by molar-refractivity contribution is 5.86. The van der Waals surface area contributed by atoms with E-state index in [1.807, 2.05) is 48.5 Å². The summed E-state index contributed by atoms with van der Waals surface area (Å²) in [5, 5.41) is 24.0. The van der Waals surface area contributed by atoms with Gasteiger partial charge in [0.2, 0.25) is 5.91 Å². The van der Waals surface area contributed by atoms with Crippen LogP contribution in [-0.2, 0) is 14.3 Å². The van der Waals surface area contributed by atoms with Gasteiger partial charge in [0.25, 0.3) is 0 Å². The van der Waals surface area contributed by atoms with Crippen LogP contribution in [0.25, 0.3) is 11.1 Å². The third-order valence-electron chi connectivity index (χ3n) is 6.09. The lowest BCUT2D eigenvalue weighted by Crippen LogP contribution is -2.57. The average Bonchev–Trinajstić information content (AvgIpc) is 3.08. The maximum Gasteiger partial charge on any atom is 0.407 e. The average molecular weight is 455 g/mol. The van der Waals surface area contributed by atoms with E-state index in [9.17, 15) is 19.5 Å². The van der Waals surface area contributed by atoms with Crippen molar-refractivity contribution in [2.75, 3.05) is 6.61 Å². The van der Waals surface area contributed by atoms with Gasteiger partial charge in [-0.1, -0.05) is 48.5 Å². The molecule has 1 aliphatic rings. The van der Waals surface area contributed by atoms with E-state index < -0.39 is 35.7 Å². The van der Waals surface area contributed by atoms with Crippen molar-refractivity contribution in [3.05, 3.63) is 59.7 Å². The minimum atomic E-state index is -1.12. The van der Waals surface area contributed by atoms with Crippen molar-refractivity contribution >= 4 is 18.0 Å². The number of rotatable bonds is 9. The maximum absolute atomic E-state index is 12.7. The van der Waals surface area contributed by atoms with Crippen molar-refractivity contribution in [1.29, 1.82) is 0 Å². The summed E-state index contributed by atoms with van der Waals surface area (Å²) < 4.78 is 5.48. The van der Waals surface area contributed by atoms with Gasteiger partial charge in [-0.05, 0) is 49.4 Å². The number of amides is 2. The van der Waals surface area contributed by atoms with Crippen LogP contribution in [0.2, 0.25) is 0 Å². The first-order chi connectivity index (χ1) is 15.6. The Bertz CT molecular complexity index is 988. The second kappa shape index (κ2) is 10.0. The van der Waals surface area contributed by atoms with E-state index in [0.29, 0.717) is 0 Å².